The third kappa shape index (κ3) is 2.89. The van der Waals surface area contributed by atoms with Crippen LogP contribution in [-0.2, 0) is 0 Å². The van der Waals surface area contributed by atoms with Crippen LogP contribution in [0.4, 0.5) is 4.39 Å². The topological polar surface area (TPSA) is 15.3 Å². The first-order valence-corrected chi connectivity index (χ1v) is 8.00. The van der Waals surface area contributed by atoms with Crippen LogP contribution in [0.15, 0.2) is 24.3 Å². The minimum absolute atomic E-state index is 0.123. The van der Waals surface area contributed by atoms with Gasteiger partial charge < -0.3 is 5.32 Å². The van der Waals surface area contributed by atoms with Gasteiger partial charge in [0.05, 0.1) is 0 Å². The van der Waals surface area contributed by atoms with Gasteiger partial charge in [-0.1, -0.05) is 18.6 Å². The fraction of sp³-hybridized carbons (Fsp3) is 0.647. The van der Waals surface area contributed by atoms with Crippen molar-refractivity contribution in [1.82, 2.24) is 10.2 Å². The molecule has 1 aromatic rings. The molecule has 110 valence electrons. The Bertz CT molecular complexity index is 442. The van der Waals surface area contributed by atoms with Gasteiger partial charge in [-0.05, 0) is 63.4 Å². The summed E-state index contributed by atoms with van der Waals surface area (Å²) in [4.78, 5) is 2.60. The number of benzene rings is 1. The molecule has 0 radical (unpaired) electrons. The zero-order valence-corrected chi connectivity index (χ0v) is 12.3. The third-order valence-electron chi connectivity index (χ3n) is 4.98. The molecule has 2 aliphatic rings. The van der Waals surface area contributed by atoms with E-state index in [-0.39, 0.29) is 5.82 Å². The normalized spacial score (nSPS) is 29.5. The molecule has 0 aromatic heterocycles. The van der Waals surface area contributed by atoms with E-state index < -0.39 is 0 Å². The van der Waals surface area contributed by atoms with Crippen LogP contribution < -0.4 is 5.32 Å². The number of nitrogens with zero attached hydrogens (tertiary/aromatic N) is 1. The van der Waals surface area contributed by atoms with Gasteiger partial charge in [0, 0.05) is 18.1 Å². The Balaban J connectivity index is 1.78. The third-order valence-corrected chi connectivity index (χ3v) is 4.98. The molecule has 3 rings (SSSR count). The van der Waals surface area contributed by atoms with Crippen molar-refractivity contribution in [2.45, 2.75) is 57.2 Å². The summed E-state index contributed by atoms with van der Waals surface area (Å²) in [5.41, 5.74) is 1.11. The highest BCUT2D eigenvalue weighted by Gasteiger charge is 2.34. The van der Waals surface area contributed by atoms with E-state index in [4.69, 9.17) is 0 Å². The largest absolute Gasteiger partial charge is 0.312 e. The number of hydrogen-bond acceptors (Lipinski definition) is 2. The molecule has 3 unspecified atom stereocenters. The van der Waals surface area contributed by atoms with E-state index in [9.17, 15) is 4.39 Å². The van der Waals surface area contributed by atoms with Crippen molar-refractivity contribution in [3.05, 3.63) is 35.6 Å². The van der Waals surface area contributed by atoms with Gasteiger partial charge in [-0.15, -0.1) is 0 Å². The van der Waals surface area contributed by atoms with Crippen molar-refractivity contribution < 1.29 is 4.39 Å². The van der Waals surface area contributed by atoms with E-state index in [1.807, 2.05) is 6.07 Å². The summed E-state index contributed by atoms with van der Waals surface area (Å²) in [5.74, 6) is -0.123. The highest BCUT2D eigenvalue weighted by atomic mass is 19.1. The predicted octanol–water partition coefficient (Wildman–Crippen LogP) is 3.49. The van der Waals surface area contributed by atoms with Gasteiger partial charge in [-0.2, -0.15) is 0 Å². The average Bonchev–Trinajstić information content (AvgIpc) is 3.00. The lowest BCUT2D eigenvalue weighted by Gasteiger charge is -2.43. The molecule has 20 heavy (non-hydrogen) atoms. The summed E-state index contributed by atoms with van der Waals surface area (Å²) in [7, 11) is 0. The summed E-state index contributed by atoms with van der Waals surface area (Å²) in [6, 6.07) is 8.66. The maximum absolute atomic E-state index is 13.5. The van der Waals surface area contributed by atoms with Crippen molar-refractivity contribution in [2.75, 3.05) is 13.1 Å². The Morgan fingerprint density at radius 3 is 2.90 bits per heavy atom. The second kappa shape index (κ2) is 6.23. The average molecular weight is 276 g/mol. The van der Waals surface area contributed by atoms with Gasteiger partial charge in [0.1, 0.15) is 5.82 Å². The highest BCUT2D eigenvalue weighted by molar-refractivity contribution is 5.20. The number of nitrogens with one attached hydrogen (secondary N) is 1. The Kier molecular flexibility index (Phi) is 4.37. The molecule has 3 heteroatoms. The lowest BCUT2D eigenvalue weighted by atomic mass is 9.91. The van der Waals surface area contributed by atoms with Crippen LogP contribution in [0.1, 0.15) is 50.6 Å². The van der Waals surface area contributed by atoms with Crippen LogP contribution in [-0.4, -0.2) is 30.1 Å². The van der Waals surface area contributed by atoms with Crippen LogP contribution in [0.2, 0.25) is 0 Å². The lowest BCUT2D eigenvalue weighted by molar-refractivity contribution is 0.0801. The van der Waals surface area contributed by atoms with Crippen LogP contribution in [0.5, 0.6) is 0 Å². The van der Waals surface area contributed by atoms with E-state index in [1.165, 1.54) is 38.2 Å². The number of piperidine rings is 1. The number of rotatable bonds is 3. The highest BCUT2D eigenvalue weighted by Crippen LogP contribution is 2.32. The first kappa shape index (κ1) is 14.0. The lowest BCUT2D eigenvalue weighted by Crippen LogP contribution is -2.50. The summed E-state index contributed by atoms with van der Waals surface area (Å²) >= 11 is 0. The molecular weight excluding hydrogens is 251 g/mol. The van der Waals surface area contributed by atoms with Crippen LogP contribution >= 0.6 is 0 Å². The van der Waals surface area contributed by atoms with E-state index in [2.05, 4.69) is 23.2 Å². The predicted molar refractivity (Wildman–Crippen MR) is 80.2 cm³/mol. The molecule has 0 bridgehead atoms. The summed E-state index contributed by atoms with van der Waals surface area (Å²) in [6.45, 7) is 4.52. The van der Waals surface area contributed by atoms with Crippen LogP contribution in [0, 0.1) is 5.82 Å². The van der Waals surface area contributed by atoms with E-state index in [0.29, 0.717) is 18.1 Å². The molecular formula is C17H25FN2. The van der Waals surface area contributed by atoms with Crippen molar-refractivity contribution in [1.29, 1.82) is 0 Å². The van der Waals surface area contributed by atoms with Crippen molar-refractivity contribution in [3.63, 3.8) is 0 Å². The standard InChI is InChI=1S/C17H25FN2/c1-13(14-6-4-7-15(18)12-14)20-11-3-2-9-17(20)16-8-5-10-19-16/h4,6-7,12-13,16-17,19H,2-3,5,8-11H2,1H3. The molecule has 2 nitrogen and oxygen atoms in total. The Morgan fingerprint density at radius 2 is 2.15 bits per heavy atom. The van der Waals surface area contributed by atoms with Gasteiger partial charge in [0.25, 0.3) is 0 Å². The van der Waals surface area contributed by atoms with Crippen LogP contribution in [0.3, 0.4) is 0 Å². The first-order chi connectivity index (χ1) is 9.75. The molecule has 0 amide bonds. The summed E-state index contributed by atoms with van der Waals surface area (Å²) < 4.78 is 13.5. The first-order valence-electron chi connectivity index (χ1n) is 8.00. The molecule has 0 aliphatic carbocycles. The van der Waals surface area contributed by atoms with Crippen molar-refractivity contribution >= 4 is 0 Å². The zero-order chi connectivity index (χ0) is 13.9. The number of likely N-dealkylation sites (tertiary alicyclic amines) is 1. The molecule has 1 aromatic carbocycles. The molecule has 0 saturated carbocycles. The molecule has 2 saturated heterocycles. The smallest absolute Gasteiger partial charge is 0.123 e. The maximum atomic E-state index is 13.5. The van der Waals surface area contributed by atoms with Gasteiger partial charge in [-0.25, -0.2) is 4.39 Å². The minimum Gasteiger partial charge on any atom is -0.312 e. The monoisotopic (exact) mass is 276 g/mol. The molecule has 0 spiro atoms. The van der Waals surface area contributed by atoms with Crippen molar-refractivity contribution in [3.8, 4) is 0 Å². The summed E-state index contributed by atoms with van der Waals surface area (Å²) in [6.07, 6.45) is 6.45. The zero-order valence-electron chi connectivity index (χ0n) is 12.3. The minimum atomic E-state index is -0.123. The Morgan fingerprint density at radius 1 is 1.25 bits per heavy atom. The second-order valence-corrected chi connectivity index (χ2v) is 6.23. The molecule has 3 atom stereocenters. The summed E-state index contributed by atoms with van der Waals surface area (Å²) in [5, 5.41) is 3.66. The second-order valence-electron chi connectivity index (χ2n) is 6.23. The van der Waals surface area contributed by atoms with E-state index >= 15 is 0 Å². The van der Waals surface area contributed by atoms with E-state index in [1.54, 1.807) is 6.07 Å². The number of halogens is 1. The molecule has 2 heterocycles. The van der Waals surface area contributed by atoms with Gasteiger partial charge in [0.15, 0.2) is 0 Å². The number of hydrogen-bond donors (Lipinski definition) is 1. The Hall–Kier alpha value is -0.930. The fourth-order valence-corrected chi connectivity index (χ4v) is 3.89. The van der Waals surface area contributed by atoms with Gasteiger partial charge >= 0.3 is 0 Å². The van der Waals surface area contributed by atoms with Gasteiger partial charge in [0.2, 0.25) is 0 Å². The van der Waals surface area contributed by atoms with Crippen molar-refractivity contribution in [2.24, 2.45) is 0 Å². The maximum Gasteiger partial charge on any atom is 0.123 e. The van der Waals surface area contributed by atoms with Crippen LogP contribution in [0.25, 0.3) is 0 Å². The molecule has 2 fully saturated rings. The van der Waals surface area contributed by atoms with E-state index in [0.717, 1.165) is 18.7 Å². The fourth-order valence-electron chi connectivity index (χ4n) is 3.89. The van der Waals surface area contributed by atoms with Gasteiger partial charge in [-0.3, -0.25) is 4.90 Å². The quantitative estimate of drug-likeness (QED) is 0.909. The SMILES string of the molecule is CC(c1cccc(F)c1)N1CCCCC1C1CCCN1. The Labute approximate surface area is 121 Å². The molecule has 2 aliphatic heterocycles. The molecule has 1 N–H and O–H groups in total.